The molecule has 116 valence electrons. The first-order valence-electron chi connectivity index (χ1n) is 7.06. The van der Waals surface area contributed by atoms with E-state index in [1.807, 2.05) is 11.5 Å². The van der Waals surface area contributed by atoms with Crippen LogP contribution < -0.4 is 5.32 Å². The van der Waals surface area contributed by atoms with Crippen molar-refractivity contribution in [2.24, 2.45) is 11.8 Å². The quantitative estimate of drug-likeness (QED) is 0.650. The Morgan fingerprint density at radius 2 is 2.41 bits per heavy atom. The zero-order valence-electron chi connectivity index (χ0n) is 12.4. The van der Waals surface area contributed by atoms with Gasteiger partial charge in [0.2, 0.25) is 5.91 Å². The molecule has 1 amide bonds. The Balaban J connectivity index is 1.88. The number of carbonyl (C=O) groups excluding carboxylic acids is 1. The summed E-state index contributed by atoms with van der Waals surface area (Å²) < 4.78 is 2.40. The first-order chi connectivity index (χ1) is 10.5. The number of aromatic amines is 1. The van der Waals surface area contributed by atoms with E-state index < -0.39 is 0 Å². The van der Waals surface area contributed by atoms with Gasteiger partial charge in [0.25, 0.3) is 0 Å². The van der Waals surface area contributed by atoms with Crippen LogP contribution in [0.5, 0.6) is 0 Å². The van der Waals surface area contributed by atoms with Crippen LogP contribution in [0.3, 0.4) is 0 Å². The second-order valence-corrected chi connectivity index (χ2v) is 6.88. The van der Waals surface area contributed by atoms with E-state index in [0.29, 0.717) is 22.4 Å². The third-order valence-corrected chi connectivity index (χ3v) is 5.13. The Kier molecular flexibility index (Phi) is 3.96. The molecule has 2 atom stereocenters. The van der Waals surface area contributed by atoms with Crippen molar-refractivity contribution in [2.45, 2.75) is 26.8 Å². The largest absolute Gasteiger partial charge is 0.302 e. The van der Waals surface area contributed by atoms with Gasteiger partial charge in [-0.25, -0.2) is 4.98 Å². The fourth-order valence-electron chi connectivity index (χ4n) is 2.33. The lowest BCUT2D eigenvalue weighted by Crippen LogP contribution is -2.14. The molecule has 3 rings (SSSR count). The molecule has 1 saturated carbocycles. The molecule has 0 aliphatic heterocycles. The van der Waals surface area contributed by atoms with Crippen LogP contribution >= 0.6 is 23.6 Å². The van der Waals surface area contributed by atoms with Gasteiger partial charge >= 0.3 is 0 Å². The molecule has 0 saturated heterocycles. The number of anilines is 1. The zero-order chi connectivity index (χ0) is 15.9. The predicted octanol–water partition coefficient (Wildman–Crippen LogP) is 3.15. The fourth-order valence-corrected chi connectivity index (χ4v) is 3.51. The monoisotopic (exact) mass is 335 g/mol. The van der Waals surface area contributed by atoms with Crippen LogP contribution in [0.2, 0.25) is 0 Å². The average Bonchev–Trinajstić information content (AvgIpc) is 2.95. The summed E-state index contributed by atoms with van der Waals surface area (Å²) in [5.74, 6) is 1.38. The van der Waals surface area contributed by atoms with Crippen LogP contribution in [0.25, 0.3) is 10.7 Å². The van der Waals surface area contributed by atoms with E-state index in [1.165, 1.54) is 11.3 Å². The van der Waals surface area contributed by atoms with E-state index >= 15 is 0 Å². The molecular formula is C14H17N5OS2. The van der Waals surface area contributed by atoms with Gasteiger partial charge in [0, 0.05) is 12.5 Å². The van der Waals surface area contributed by atoms with Crippen LogP contribution in [0, 0.1) is 23.5 Å². The Labute approximate surface area is 137 Å². The Morgan fingerprint density at radius 1 is 1.68 bits per heavy atom. The third-order valence-electron chi connectivity index (χ3n) is 3.75. The van der Waals surface area contributed by atoms with Crippen molar-refractivity contribution >= 4 is 34.6 Å². The van der Waals surface area contributed by atoms with Crippen molar-refractivity contribution in [2.75, 3.05) is 5.32 Å². The minimum atomic E-state index is 0.0535. The van der Waals surface area contributed by atoms with Crippen LogP contribution in [-0.4, -0.2) is 25.7 Å². The highest BCUT2D eigenvalue weighted by atomic mass is 32.1. The molecule has 1 aliphatic carbocycles. The highest BCUT2D eigenvalue weighted by Crippen LogP contribution is 2.39. The van der Waals surface area contributed by atoms with Gasteiger partial charge in [-0.15, -0.1) is 6.58 Å². The number of thiazole rings is 1. The molecule has 8 heteroatoms. The molecule has 2 unspecified atom stereocenters. The summed E-state index contributed by atoms with van der Waals surface area (Å²) in [5.41, 5.74) is 0.823. The van der Waals surface area contributed by atoms with Crippen LogP contribution in [0.4, 0.5) is 5.13 Å². The van der Waals surface area contributed by atoms with Gasteiger partial charge in [-0.05, 0) is 31.5 Å². The lowest BCUT2D eigenvalue weighted by atomic mass is 10.3. The molecule has 1 fully saturated rings. The SMILES string of the molecule is C=CCn1c(-c2sc(NC(=O)C3CC3C)nc2C)n[nH]c1=S. The van der Waals surface area contributed by atoms with E-state index in [2.05, 4.69) is 34.0 Å². The van der Waals surface area contributed by atoms with E-state index in [4.69, 9.17) is 12.2 Å². The van der Waals surface area contributed by atoms with Gasteiger partial charge in [0.15, 0.2) is 15.7 Å². The van der Waals surface area contributed by atoms with Gasteiger partial charge in [0.1, 0.15) is 0 Å². The summed E-state index contributed by atoms with van der Waals surface area (Å²) in [6.45, 7) is 8.29. The topological polar surface area (TPSA) is 75.6 Å². The van der Waals surface area contributed by atoms with Gasteiger partial charge in [0.05, 0.1) is 10.6 Å². The Bertz CT molecular complexity index is 787. The maximum atomic E-state index is 12.0. The summed E-state index contributed by atoms with van der Waals surface area (Å²) in [7, 11) is 0. The summed E-state index contributed by atoms with van der Waals surface area (Å²) in [5, 5.41) is 10.6. The van der Waals surface area contributed by atoms with Crippen LogP contribution in [-0.2, 0) is 11.3 Å². The van der Waals surface area contributed by atoms with E-state index in [0.717, 1.165) is 22.8 Å². The minimum Gasteiger partial charge on any atom is -0.302 e. The highest BCUT2D eigenvalue weighted by Gasteiger charge is 2.39. The maximum absolute atomic E-state index is 12.0. The summed E-state index contributed by atoms with van der Waals surface area (Å²) >= 11 is 6.64. The first-order valence-corrected chi connectivity index (χ1v) is 8.28. The summed E-state index contributed by atoms with van der Waals surface area (Å²) in [6, 6.07) is 0. The molecule has 0 bridgehead atoms. The van der Waals surface area contributed by atoms with E-state index in [9.17, 15) is 4.79 Å². The van der Waals surface area contributed by atoms with Crippen molar-refractivity contribution < 1.29 is 4.79 Å². The molecule has 2 N–H and O–H groups in total. The number of nitrogens with one attached hydrogen (secondary N) is 2. The molecule has 0 aromatic carbocycles. The predicted molar refractivity (Wildman–Crippen MR) is 89.4 cm³/mol. The number of nitrogens with zero attached hydrogens (tertiary/aromatic N) is 3. The number of hydrogen-bond acceptors (Lipinski definition) is 5. The maximum Gasteiger partial charge on any atom is 0.229 e. The second kappa shape index (κ2) is 5.77. The van der Waals surface area contributed by atoms with Crippen molar-refractivity contribution in [1.82, 2.24) is 19.7 Å². The molecule has 1 aliphatic rings. The van der Waals surface area contributed by atoms with Gasteiger partial charge < -0.3 is 5.32 Å². The number of hydrogen-bond donors (Lipinski definition) is 2. The summed E-state index contributed by atoms with van der Waals surface area (Å²) in [6.07, 6.45) is 2.73. The third kappa shape index (κ3) is 2.76. The Morgan fingerprint density at radius 3 is 3.05 bits per heavy atom. The van der Waals surface area contributed by atoms with Crippen molar-refractivity contribution in [3.63, 3.8) is 0 Å². The number of amides is 1. The Hall–Kier alpha value is -1.80. The van der Waals surface area contributed by atoms with Gasteiger partial charge in [-0.2, -0.15) is 5.10 Å². The zero-order valence-corrected chi connectivity index (χ0v) is 14.1. The standard InChI is InChI=1S/C14H17N5OS2/c1-4-5-19-11(17-18-14(19)21)10-8(3)15-13(22-10)16-12(20)9-6-7(9)2/h4,7,9H,1,5-6H2,2-3H3,(H,18,21)(H,15,16,20). The molecule has 0 spiro atoms. The molecule has 6 nitrogen and oxygen atoms in total. The first kappa shape index (κ1) is 15.1. The lowest BCUT2D eigenvalue weighted by Gasteiger charge is -2.01. The number of carbonyl (C=O) groups is 1. The van der Waals surface area contributed by atoms with Gasteiger partial charge in [-0.3, -0.25) is 14.5 Å². The van der Waals surface area contributed by atoms with Crippen LogP contribution in [0.1, 0.15) is 19.0 Å². The number of H-pyrrole nitrogens is 1. The minimum absolute atomic E-state index is 0.0535. The molecule has 2 aromatic heterocycles. The van der Waals surface area contributed by atoms with Crippen LogP contribution in [0.15, 0.2) is 12.7 Å². The molecule has 2 heterocycles. The van der Waals surface area contributed by atoms with E-state index in [1.54, 1.807) is 6.08 Å². The second-order valence-electron chi connectivity index (χ2n) is 5.49. The summed E-state index contributed by atoms with van der Waals surface area (Å²) in [4.78, 5) is 17.3. The number of aryl methyl sites for hydroxylation is 1. The molecule has 0 radical (unpaired) electrons. The van der Waals surface area contributed by atoms with Crippen molar-refractivity contribution in [3.8, 4) is 10.7 Å². The average molecular weight is 335 g/mol. The number of aromatic nitrogens is 4. The van der Waals surface area contributed by atoms with Crippen molar-refractivity contribution in [3.05, 3.63) is 23.1 Å². The number of rotatable bonds is 5. The van der Waals surface area contributed by atoms with Gasteiger partial charge in [-0.1, -0.05) is 24.3 Å². The molecule has 22 heavy (non-hydrogen) atoms. The molecule has 2 aromatic rings. The number of allylic oxidation sites excluding steroid dienone is 1. The normalized spacial score (nSPS) is 19.9. The lowest BCUT2D eigenvalue weighted by molar-refractivity contribution is -0.117. The smallest absolute Gasteiger partial charge is 0.229 e. The molecular weight excluding hydrogens is 318 g/mol. The fraction of sp³-hybridized carbons (Fsp3) is 0.429. The van der Waals surface area contributed by atoms with E-state index in [-0.39, 0.29) is 11.8 Å². The highest BCUT2D eigenvalue weighted by molar-refractivity contribution is 7.71. The van der Waals surface area contributed by atoms with Crippen molar-refractivity contribution in [1.29, 1.82) is 0 Å².